The van der Waals surface area contributed by atoms with Crippen LogP contribution in [0.4, 0.5) is 0 Å². The predicted molar refractivity (Wildman–Crippen MR) is 62.4 cm³/mol. The number of carbonyl (C=O) groups is 1. The molecule has 0 unspecified atom stereocenters. The van der Waals surface area contributed by atoms with Gasteiger partial charge in [-0.2, -0.15) is 0 Å². The van der Waals surface area contributed by atoms with Gasteiger partial charge in [-0.1, -0.05) is 0 Å². The Morgan fingerprint density at radius 2 is 2.12 bits per heavy atom. The van der Waals surface area contributed by atoms with Crippen LogP contribution in [0.15, 0.2) is 15.8 Å². The maximum Gasteiger partial charge on any atom is 0.328 e. The van der Waals surface area contributed by atoms with Gasteiger partial charge in [-0.05, 0) is 19.8 Å². The van der Waals surface area contributed by atoms with Crippen LogP contribution in [0.1, 0.15) is 30.1 Å². The van der Waals surface area contributed by atoms with Gasteiger partial charge in [0.2, 0.25) is 0 Å². The molecule has 0 bridgehead atoms. The molecule has 94 valence electrons. The molecule has 0 radical (unpaired) electrons. The molecule has 6 heteroatoms. The average molecular weight is 240 g/mol. The zero-order chi connectivity index (χ0) is 12.8. The Hall–Kier alpha value is -1.69. The third kappa shape index (κ3) is 3.39. The van der Waals surface area contributed by atoms with Crippen molar-refractivity contribution in [2.45, 2.75) is 26.3 Å². The quantitative estimate of drug-likeness (QED) is 0.567. The number of hydrogen-bond donors (Lipinski definition) is 1. The Labute approximate surface area is 98.2 Å². The fourth-order valence-corrected chi connectivity index (χ4v) is 1.48. The lowest BCUT2D eigenvalue weighted by atomic mass is 10.2. The molecule has 0 aliphatic carbocycles. The molecular formula is C11H16N2O4. The molecule has 1 rings (SSSR count). The van der Waals surface area contributed by atoms with Gasteiger partial charge in [0.05, 0.1) is 5.56 Å². The molecule has 0 aliphatic heterocycles. The number of carbonyl (C=O) groups excluding carboxylic acids is 1. The fraction of sp³-hybridized carbons (Fsp3) is 0.545. The molecule has 0 saturated carbocycles. The first kappa shape index (κ1) is 13.4. The average Bonchev–Trinajstić information content (AvgIpc) is 2.27. The van der Waals surface area contributed by atoms with E-state index in [0.717, 1.165) is 11.0 Å². The highest BCUT2D eigenvalue weighted by molar-refractivity contribution is 5.93. The second-order valence-electron chi connectivity index (χ2n) is 3.72. The third-order valence-corrected chi connectivity index (χ3v) is 2.42. The van der Waals surface area contributed by atoms with Gasteiger partial charge in [0.1, 0.15) is 0 Å². The van der Waals surface area contributed by atoms with Crippen molar-refractivity contribution in [3.8, 4) is 0 Å². The number of ketones is 1. The van der Waals surface area contributed by atoms with Crippen molar-refractivity contribution in [1.82, 2.24) is 9.55 Å². The van der Waals surface area contributed by atoms with Crippen LogP contribution in [0.3, 0.4) is 0 Å². The molecule has 0 amide bonds. The number of aromatic amines is 1. The van der Waals surface area contributed by atoms with Crippen molar-refractivity contribution in [3.05, 3.63) is 32.6 Å². The summed E-state index contributed by atoms with van der Waals surface area (Å²) >= 11 is 0. The van der Waals surface area contributed by atoms with Gasteiger partial charge in [-0.25, -0.2) is 4.79 Å². The van der Waals surface area contributed by atoms with Crippen molar-refractivity contribution in [3.63, 3.8) is 0 Å². The number of Topliss-reactive ketones (excluding diaryl/α,β-unsaturated/α-hetero) is 1. The van der Waals surface area contributed by atoms with Gasteiger partial charge >= 0.3 is 5.69 Å². The summed E-state index contributed by atoms with van der Waals surface area (Å²) in [5, 5.41) is 0. The summed E-state index contributed by atoms with van der Waals surface area (Å²) in [6.45, 7) is 2.17. The number of aromatic nitrogens is 2. The van der Waals surface area contributed by atoms with Crippen molar-refractivity contribution < 1.29 is 9.53 Å². The van der Waals surface area contributed by atoms with Crippen LogP contribution in [0.25, 0.3) is 0 Å². The first-order chi connectivity index (χ1) is 8.07. The van der Waals surface area contributed by atoms with Crippen molar-refractivity contribution in [2.75, 3.05) is 13.7 Å². The molecule has 0 aliphatic rings. The Kier molecular flexibility index (Phi) is 4.84. The van der Waals surface area contributed by atoms with E-state index in [-0.39, 0.29) is 11.3 Å². The number of methoxy groups -OCH3 is 1. The number of H-pyrrole nitrogens is 1. The number of unbranched alkanes of at least 4 members (excludes halogenated alkanes) is 1. The minimum absolute atomic E-state index is 0.0105. The summed E-state index contributed by atoms with van der Waals surface area (Å²) in [6.07, 6.45) is 2.57. The molecule has 0 spiro atoms. The largest absolute Gasteiger partial charge is 0.385 e. The summed E-state index contributed by atoms with van der Waals surface area (Å²) in [6, 6.07) is 0. The first-order valence-electron chi connectivity index (χ1n) is 5.40. The minimum atomic E-state index is -0.529. The summed E-state index contributed by atoms with van der Waals surface area (Å²) in [5.74, 6) is -0.350. The van der Waals surface area contributed by atoms with E-state index < -0.39 is 11.2 Å². The maximum absolute atomic E-state index is 11.8. The molecule has 6 nitrogen and oxygen atoms in total. The van der Waals surface area contributed by atoms with Crippen LogP contribution in [-0.2, 0) is 11.3 Å². The van der Waals surface area contributed by atoms with E-state index in [1.807, 2.05) is 0 Å². The second-order valence-corrected chi connectivity index (χ2v) is 3.72. The van der Waals surface area contributed by atoms with E-state index in [2.05, 4.69) is 4.98 Å². The van der Waals surface area contributed by atoms with Gasteiger partial charge < -0.3 is 9.72 Å². The van der Waals surface area contributed by atoms with E-state index >= 15 is 0 Å². The second kappa shape index (κ2) is 6.15. The summed E-state index contributed by atoms with van der Waals surface area (Å²) in [7, 11) is 1.59. The van der Waals surface area contributed by atoms with Crippen molar-refractivity contribution in [1.29, 1.82) is 0 Å². The van der Waals surface area contributed by atoms with Gasteiger partial charge in [0, 0.05) is 26.5 Å². The van der Waals surface area contributed by atoms with Crippen LogP contribution in [-0.4, -0.2) is 29.1 Å². The zero-order valence-corrected chi connectivity index (χ0v) is 9.99. The van der Waals surface area contributed by atoms with E-state index in [0.29, 0.717) is 19.6 Å². The third-order valence-electron chi connectivity index (χ3n) is 2.42. The highest BCUT2D eigenvalue weighted by atomic mass is 16.5. The van der Waals surface area contributed by atoms with Crippen molar-refractivity contribution in [2.24, 2.45) is 0 Å². The Morgan fingerprint density at radius 1 is 1.41 bits per heavy atom. The van der Waals surface area contributed by atoms with E-state index in [1.165, 1.54) is 13.1 Å². The molecule has 1 heterocycles. The molecule has 0 atom stereocenters. The van der Waals surface area contributed by atoms with Gasteiger partial charge in [0.25, 0.3) is 5.56 Å². The van der Waals surface area contributed by atoms with Crippen LogP contribution in [0, 0.1) is 0 Å². The monoisotopic (exact) mass is 240 g/mol. The Bertz CT molecular complexity index is 501. The Balaban J connectivity index is 2.91. The SMILES string of the molecule is COCCCCn1c(=O)[nH]cc(C(C)=O)c1=O. The fourth-order valence-electron chi connectivity index (χ4n) is 1.48. The van der Waals surface area contributed by atoms with Crippen LogP contribution in [0.2, 0.25) is 0 Å². The number of ether oxygens (including phenoxy) is 1. The first-order valence-corrected chi connectivity index (χ1v) is 5.40. The number of rotatable bonds is 6. The molecule has 0 aromatic carbocycles. The normalized spacial score (nSPS) is 10.5. The number of hydrogen-bond acceptors (Lipinski definition) is 4. The molecule has 0 fully saturated rings. The van der Waals surface area contributed by atoms with Crippen molar-refractivity contribution >= 4 is 5.78 Å². The lowest BCUT2D eigenvalue weighted by Crippen LogP contribution is -2.37. The highest BCUT2D eigenvalue weighted by Crippen LogP contribution is 1.93. The summed E-state index contributed by atoms with van der Waals surface area (Å²) < 4.78 is 5.92. The molecule has 0 saturated heterocycles. The van der Waals surface area contributed by atoms with Crippen LogP contribution >= 0.6 is 0 Å². The summed E-state index contributed by atoms with van der Waals surface area (Å²) in [5.41, 5.74) is -1.01. The van der Waals surface area contributed by atoms with Crippen LogP contribution in [0.5, 0.6) is 0 Å². The molecule has 1 aromatic heterocycles. The Morgan fingerprint density at radius 3 is 2.71 bits per heavy atom. The number of nitrogens with zero attached hydrogens (tertiary/aromatic N) is 1. The smallest absolute Gasteiger partial charge is 0.328 e. The molecule has 1 N–H and O–H groups in total. The van der Waals surface area contributed by atoms with Gasteiger partial charge in [-0.15, -0.1) is 0 Å². The summed E-state index contributed by atoms with van der Waals surface area (Å²) in [4.78, 5) is 36.8. The number of nitrogens with one attached hydrogen (secondary N) is 1. The molecule has 1 aromatic rings. The van der Waals surface area contributed by atoms with Gasteiger partial charge in [0.15, 0.2) is 5.78 Å². The van der Waals surface area contributed by atoms with E-state index in [1.54, 1.807) is 7.11 Å². The maximum atomic E-state index is 11.8. The molecular weight excluding hydrogens is 224 g/mol. The standard InChI is InChI=1S/C11H16N2O4/c1-8(14)9-7-12-11(16)13(10(9)15)5-3-4-6-17-2/h7H,3-6H2,1-2H3,(H,12,16). The zero-order valence-electron chi connectivity index (χ0n) is 9.99. The van der Waals surface area contributed by atoms with E-state index in [4.69, 9.17) is 4.74 Å². The highest BCUT2D eigenvalue weighted by Gasteiger charge is 2.10. The van der Waals surface area contributed by atoms with E-state index in [9.17, 15) is 14.4 Å². The van der Waals surface area contributed by atoms with Crippen LogP contribution < -0.4 is 11.2 Å². The topological polar surface area (TPSA) is 81.2 Å². The lowest BCUT2D eigenvalue weighted by Gasteiger charge is -2.05. The lowest BCUT2D eigenvalue weighted by molar-refractivity contribution is 0.101. The van der Waals surface area contributed by atoms with Gasteiger partial charge in [-0.3, -0.25) is 14.2 Å². The predicted octanol–water partition coefficient (Wildman–Crippen LogP) is 0.166. The minimum Gasteiger partial charge on any atom is -0.385 e. The molecule has 17 heavy (non-hydrogen) atoms.